The minimum Gasteiger partial charge on any atom is -0.465 e. The van der Waals surface area contributed by atoms with Crippen LogP contribution < -0.4 is 4.90 Å². The number of carbonyl (C=O) groups excluding carboxylic acids is 3. The van der Waals surface area contributed by atoms with Gasteiger partial charge in [0.1, 0.15) is 11.5 Å². The zero-order valence-corrected chi connectivity index (χ0v) is 28.3. The summed E-state index contributed by atoms with van der Waals surface area (Å²) >= 11 is 6.05. The lowest BCUT2D eigenvalue weighted by Gasteiger charge is -2.21. The van der Waals surface area contributed by atoms with Crippen molar-refractivity contribution < 1.29 is 36.7 Å². The molecule has 1 amide bonds. The maximum absolute atomic E-state index is 13.8. The molecule has 0 bridgehead atoms. The normalized spacial score (nSPS) is 14.2. The number of hydrogen-bond acceptors (Lipinski definition) is 8. The van der Waals surface area contributed by atoms with Gasteiger partial charge in [0, 0.05) is 23.0 Å². The fourth-order valence-corrected chi connectivity index (χ4v) is 6.72. The summed E-state index contributed by atoms with van der Waals surface area (Å²) in [6, 6.07) is 22.9. The van der Waals surface area contributed by atoms with Gasteiger partial charge in [0.25, 0.3) is 5.91 Å². The third kappa shape index (κ3) is 7.28. The lowest BCUT2D eigenvalue weighted by Crippen LogP contribution is -2.30. The van der Waals surface area contributed by atoms with Crippen molar-refractivity contribution >= 4 is 51.2 Å². The van der Waals surface area contributed by atoms with E-state index in [9.17, 15) is 22.8 Å². The van der Waals surface area contributed by atoms with Crippen LogP contribution in [0.5, 0.6) is 0 Å². The highest BCUT2D eigenvalue weighted by atomic mass is 35.5. The number of furan rings is 1. The largest absolute Gasteiger partial charge is 0.465 e. The van der Waals surface area contributed by atoms with Gasteiger partial charge in [0.2, 0.25) is 10.0 Å². The SMILES string of the molecule is CCOC(=O)c1ccc(N2C(=O)/C(=C/c3ccc(CN(Cc4ccc(Cl)cc4)S(=O)(=O)c4ccc(C)cc4)o3)C(C(=O)OC)=C2C)cc1. The second-order valence-electron chi connectivity index (χ2n) is 10.9. The monoisotopic (exact) mass is 688 g/mol. The molecular weight excluding hydrogens is 656 g/mol. The first kappa shape index (κ1) is 34.4. The third-order valence-corrected chi connectivity index (χ3v) is 9.72. The summed E-state index contributed by atoms with van der Waals surface area (Å²) in [4.78, 5) is 40.3. The Morgan fingerprint density at radius 1 is 0.896 bits per heavy atom. The van der Waals surface area contributed by atoms with Crippen LogP contribution in [0.15, 0.2) is 111 Å². The van der Waals surface area contributed by atoms with Gasteiger partial charge in [-0.2, -0.15) is 4.31 Å². The predicted molar refractivity (Wildman–Crippen MR) is 180 cm³/mol. The van der Waals surface area contributed by atoms with E-state index < -0.39 is 27.9 Å². The molecule has 0 saturated carbocycles. The number of allylic oxidation sites excluding steroid dienone is 1. The van der Waals surface area contributed by atoms with Gasteiger partial charge in [0.15, 0.2) is 0 Å². The molecule has 248 valence electrons. The molecule has 5 rings (SSSR count). The van der Waals surface area contributed by atoms with Crippen LogP contribution in [0.25, 0.3) is 6.08 Å². The Hall–Kier alpha value is -4.97. The molecule has 4 aromatic rings. The van der Waals surface area contributed by atoms with E-state index in [1.807, 2.05) is 6.92 Å². The number of anilines is 1. The first-order valence-corrected chi connectivity index (χ1v) is 16.8. The smallest absolute Gasteiger partial charge is 0.340 e. The van der Waals surface area contributed by atoms with Crippen LogP contribution in [-0.4, -0.2) is 44.3 Å². The highest BCUT2D eigenvalue weighted by Gasteiger charge is 2.38. The van der Waals surface area contributed by atoms with Gasteiger partial charge in [-0.25, -0.2) is 18.0 Å². The molecule has 12 heteroatoms. The molecule has 0 fully saturated rings. The second kappa shape index (κ2) is 14.4. The average Bonchev–Trinajstić information content (AvgIpc) is 3.62. The van der Waals surface area contributed by atoms with E-state index in [0.717, 1.165) is 11.1 Å². The third-order valence-electron chi connectivity index (χ3n) is 7.66. The zero-order valence-electron chi connectivity index (χ0n) is 26.7. The first-order chi connectivity index (χ1) is 22.9. The Bertz CT molecular complexity index is 2010. The molecule has 0 spiro atoms. The Kier molecular flexibility index (Phi) is 10.3. The van der Waals surface area contributed by atoms with Crippen LogP contribution in [-0.2, 0) is 42.2 Å². The van der Waals surface area contributed by atoms with Gasteiger partial charge in [0.05, 0.1) is 41.9 Å². The number of aryl methyl sites for hydroxylation is 1. The van der Waals surface area contributed by atoms with Crippen molar-refractivity contribution in [2.75, 3.05) is 18.6 Å². The second-order valence-corrected chi connectivity index (χ2v) is 13.3. The molecule has 0 N–H and O–H groups in total. The molecule has 0 radical (unpaired) electrons. The number of sulfonamides is 1. The number of rotatable bonds is 11. The van der Waals surface area contributed by atoms with Gasteiger partial charge in [-0.1, -0.05) is 41.4 Å². The topological polar surface area (TPSA) is 123 Å². The van der Waals surface area contributed by atoms with E-state index in [-0.39, 0.29) is 41.5 Å². The molecule has 1 aromatic heterocycles. The standard InChI is InChI=1S/C36H33ClN2O8S/c1-5-46-35(41)26-10-14-28(15-11-26)39-24(3)33(36(42)45-4)32(34(39)40)20-29-16-17-30(47-29)22-38(21-25-8-12-27(37)13-9-25)48(43,44)31-18-6-23(2)7-19-31/h6-20H,5,21-22H2,1-4H3/b32-20+. The first-order valence-electron chi connectivity index (χ1n) is 15.0. The van der Waals surface area contributed by atoms with Crippen molar-refractivity contribution in [1.82, 2.24) is 4.31 Å². The summed E-state index contributed by atoms with van der Waals surface area (Å²) in [6.07, 6.45) is 1.42. The van der Waals surface area contributed by atoms with Crippen molar-refractivity contribution in [3.63, 3.8) is 0 Å². The fourth-order valence-electron chi connectivity index (χ4n) is 5.20. The van der Waals surface area contributed by atoms with Gasteiger partial charge >= 0.3 is 11.9 Å². The number of amides is 1. The van der Waals surface area contributed by atoms with E-state index >= 15 is 0 Å². The van der Waals surface area contributed by atoms with Crippen molar-refractivity contribution in [2.45, 2.75) is 38.8 Å². The van der Waals surface area contributed by atoms with Gasteiger partial charge in [-0.05, 0) is 93.1 Å². The number of halogens is 1. The Balaban J connectivity index is 1.46. The minimum absolute atomic E-state index is 0.0278. The number of hydrogen-bond donors (Lipinski definition) is 0. The van der Waals surface area contributed by atoms with Crippen molar-refractivity contribution in [3.05, 3.63) is 135 Å². The number of methoxy groups -OCH3 is 1. The number of benzene rings is 3. The predicted octanol–water partition coefficient (Wildman–Crippen LogP) is 6.69. The van der Waals surface area contributed by atoms with Gasteiger partial charge in [-0.3, -0.25) is 9.69 Å². The van der Waals surface area contributed by atoms with Crippen LogP contribution in [0.1, 0.15) is 46.9 Å². The highest BCUT2D eigenvalue weighted by Crippen LogP contribution is 2.36. The Morgan fingerprint density at radius 3 is 2.19 bits per heavy atom. The molecule has 0 aliphatic carbocycles. The minimum atomic E-state index is -3.96. The number of ether oxygens (including phenoxy) is 2. The van der Waals surface area contributed by atoms with Crippen LogP contribution in [0.2, 0.25) is 5.02 Å². The van der Waals surface area contributed by atoms with Crippen molar-refractivity contribution in [1.29, 1.82) is 0 Å². The van der Waals surface area contributed by atoms with Crippen LogP contribution >= 0.6 is 11.6 Å². The Morgan fingerprint density at radius 2 is 1.56 bits per heavy atom. The summed E-state index contributed by atoms with van der Waals surface area (Å²) in [7, 11) is -2.74. The number of carbonyl (C=O) groups is 3. The maximum Gasteiger partial charge on any atom is 0.340 e. The molecule has 10 nitrogen and oxygen atoms in total. The molecule has 1 aliphatic rings. The lowest BCUT2D eigenvalue weighted by molar-refractivity contribution is -0.136. The molecule has 0 saturated heterocycles. The fraction of sp³-hybridized carbons (Fsp3) is 0.194. The summed E-state index contributed by atoms with van der Waals surface area (Å²) in [5.74, 6) is -1.19. The summed E-state index contributed by atoms with van der Waals surface area (Å²) in [5.41, 5.74) is 2.78. The molecule has 3 aromatic carbocycles. The van der Waals surface area contributed by atoms with E-state index in [1.165, 1.54) is 34.5 Å². The van der Waals surface area contributed by atoms with E-state index in [0.29, 0.717) is 27.7 Å². The molecule has 0 unspecified atom stereocenters. The molecule has 1 aliphatic heterocycles. The summed E-state index contributed by atoms with van der Waals surface area (Å²) in [5, 5.41) is 0.528. The van der Waals surface area contributed by atoms with Crippen LogP contribution in [0.4, 0.5) is 5.69 Å². The summed E-state index contributed by atoms with van der Waals surface area (Å²) in [6.45, 7) is 5.34. The van der Waals surface area contributed by atoms with E-state index in [1.54, 1.807) is 86.6 Å². The Labute approximate surface area is 283 Å². The van der Waals surface area contributed by atoms with Gasteiger partial charge < -0.3 is 13.9 Å². The van der Waals surface area contributed by atoms with Crippen LogP contribution in [0.3, 0.4) is 0 Å². The number of nitrogens with zero attached hydrogens (tertiary/aromatic N) is 2. The van der Waals surface area contributed by atoms with Crippen molar-refractivity contribution in [2.24, 2.45) is 0 Å². The molecule has 2 heterocycles. The molecule has 0 atom stereocenters. The summed E-state index contributed by atoms with van der Waals surface area (Å²) < 4.78 is 45.0. The average molecular weight is 689 g/mol. The highest BCUT2D eigenvalue weighted by molar-refractivity contribution is 7.89. The zero-order chi connectivity index (χ0) is 34.6. The molecular formula is C36H33ClN2O8S. The maximum atomic E-state index is 13.8. The van der Waals surface area contributed by atoms with Gasteiger partial charge in [-0.15, -0.1) is 0 Å². The van der Waals surface area contributed by atoms with Crippen molar-refractivity contribution in [3.8, 4) is 0 Å². The van der Waals surface area contributed by atoms with Crippen LogP contribution in [0, 0.1) is 6.92 Å². The quantitative estimate of drug-likeness (QED) is 0.126. The number of esters is 2. The van der Waals surface area contributed by atoms with E-state index in [4.69, 9.17) is 25.5 Å². The lowest BCUT2D eigenvalue weighted by atomic mass is 10.1. The van der Waals surface area contributed by atoms with E-state index in [2.05, 4.69) is 0 Å². The molecule has 48 heavy (non-hydrogen) atoms.